The van der Waals surface area contributed by atoms with Crippen LogP contribution in [0.15, 0.2) is 41.3 Å². The molecule has 2 heterocycles. The molecular weight excluding hydrogens is 480 g/mol. The first-order chi connectivity index (χ1) is 16.8. The number of aromatic nitrogens is 1. The Hall–Kier alpha value is -2.49. The number of thiazole rings is 1. The van der Waals surface area contributed by atoms with Gasteiger partial charge in [-0.2, -0.15) is 4.31 Å². The Morgan fingerprint density at radius 1 is 1.00 bits per heavy atom. The van der Waals surface area contributed by atoms with Gasteiger partial charge in [-0.25, -0.2) is 13.4 Å². The second-order valence-electron chi connectivity index (χ2n) is 9.03. The fourth-order valence-corrected chi connectivity index (χ4v) is 7.02. The second-order valence-corrected chi connectivity index (χ2v) is 11.9. The summed E-state index contributed by atoms with van der Waals surface area (Å²) in [6.45, 7) is 11.7. The molecule has 0 aliphatic carbocycles. The third kappa shape index (κ3) is 5.22. The lowest BCUT2D eigenvalue weighted by Crippen LogP contribution is -2.48. The van der Waals surface area contributed by atoms with Crippen LogP contribution in [-0.2, 0) is 10.0 Å². The van der Waals surface area contributed by atoms with Crippen molar-refractivity contribution in [2.24, 2.45) is 0 Å². The number of aryl methyl sites for hydroxylation is 2. The van der Waals surface area contributed by atoms with Gasteiger partial charge in [0.05, 0.1) is 15.1 Å². The molecule has 1 amide bonds. The zero-order valence-corrected chi connectivity index (χ0v) is 22.6. The number of nitrogens with zero attached hydrogens (tertiary/aromatic N) is 4. The van der Waals surface area contributed by atoms with Gasteiger partial charge in [0.25, 0.3) is 5.91 Å². The molecule has 0 N–H and O–H groups in total. The van der Waals surface area contributed by atoms with Crippen molar-refractivity contribution in [3.8, 4) is 0 Å². The fourth-order valence-electron chi connectivity index (χ4n) is 4.37. The van der Waals surface area contributed by atoms with E-state index in [0.717, 1.165) is 36.6 Å². The SMILES string of the molecule is CCCCN(CC)S(=O)(=O)c1ccc(C(=O)N2CCN(c3nc4c(C)ccc(C)c4s3)CC2)cc1. The molecule has 0 atom stereocenters. The zero-order valence-electron chi connectivity index (χ0n) is 21.0. The monoisotopic (exact) mass is 514 g/mol. The molecule has 0 bridgehead atoms. The third-order valence-electron chi connectivity index (χ3n) is 6.62. The number of unbranched alkanes of at least 4 members (excludes halogenated alkanes) is 1. The lowest BCUT2D eigenvalue weighted by molar-refractivity contribution is 0.0746. The van der Waals surface area contributed by atoms with Gasteiger partial charge in [0.2, 0.25) is 10.0 Å². The van der Waals surface area contributed by atoms with E-state index >= 15 is 0 Å². The van der Waals surface area contributed by atoms with E-state index in [-0.39, 0.29) is 10.8 Å². The third-order valence-corrected chi connectivity index (χ3v) is 9.86. The number of hydrogen-bond donors (Lipinski definition) is 0. The van der Waals surface area contributed by atoms with Gasteiger partial charge >= 0.3 is 0 Å². The van der Waals surface area contributed by atoms with Crippen LogP contribution in [0.1, 0.15) is 48.2 Å². The van der Waals surface area contributed by atoms with Gasteiger partial charge < -0.3 is 9.80 Å². The molecule has 1 aliphatic heterocycles. The van der Waals surface area contributed by atoms with Crippen molar-refractivity contribution in [2.75, 3.05) is 44.2 Å². The minimum Gasteiger partial charge on any atom is -0.345 e. The molecular formula is C26H34N4O3S2. The summed E-state index contributed by atoms with van der Waals surface area (Å²) < 4.78 is 28.6. The molecule has 1 aliphatic rings. The van der Waals surface area contributed by atoms with Crippen molar-refractivity contribution in [2.45, 2.75) is 45.4 Å². The molecule has 2 aromatic carbocycles. The standard InChI is InChI=1S/C26H34N4O3S2/c1-5-7-14-30(6-2)35(32,33)22-12-10-21(11-13-22)25(31)28-15-17-29(18-16-28)26-27-23-19(3)8-9-20(4)24(23)34-26/h8-13H,5-7,14-18H2,1-4H3. The number of piperazine rings is 1. The number of sulfonamides is 1. The summed E-state index contributed by atoms with van der Waals surface area (Å²) in [5.41, 5.74) is 4.00. The minimum absolute atomic E-state index is 0.0667. The predicted molar refractivity (Wildman–Crippen MR) is 143 cm³/mol. The second kappa shape index (κ2) is 10.6. The highest BCUT2D eigenvalue weighted by Crippen LogP contribution is 2.33. The molecule has 1 fully saturated rings. The van der Waals surface area contributed by atoms with Gasteiger partial charge in [-0.15, -0.1) is 0 Å². The fraction of sp³-hybridized carbons (Fsp3) is 0.462. The van der Waals surface area contributed by atoms with Crippen molar-refractivity contribution in [3.63, 3.8) is 0 Å². The molecule has 0 saturated carbocycles. The van der Waals surface area contributed by atoms with E-state index in [1.807, 2.05) is 18.7 Å². The summed E-state index contributed by atoms with van der Waals surface area (Å²) in [7, 11) is -3.55. The molecule has 0 spiro atoms. The predicted octanol–water partition coefficient (Wildman–Crippen LogP) is 4.69. The number of carbonyl (C=O) groups excluding carboxylic acids is 1. The van der Waals surface area contributed by atoms with Crippen LogP contribution in [0.3, 0.4) is 0 Å². The Labute approximate surface area is 212 Å². The first kappa shape index (κ1) is 25.6. The van der Waals surface area contributed by atoms with Crippen molar-refractivity contribution in [1.29, 1.82) is 0 Å². The van der Waals surface area contributed by atoms with Gasteiger partial charge in [0, 0.05) is 44.8 Å². The van der Waals surface area contributed by atoms with Crippen LogP contribution in [0.2, 0.25) is 0 Å². The summed E-state index contributed by atoms with van der Waals surface area (Å²) >= 11 is 1.71. The summed E-state index contributed by atoms with van der Waals surface area (Å²) in [5.74, 6) is -0.0667. The maximum Gasteiger partial charge on any atom is 0.253 e. The van der Waals surface area contributed by atoms with Crippen molar-refractivity contribution in [3.05, 3.63) is 53.1 Å². The van der Waals surface area contributed by atoms with E-state index in [2.05, 4.69) is 30.9 Å². The Morgan fingerprint density at radius 2 is 1.66 bits per heavy atom. The number of rotatable bonds is 8. The highest BCUT2D eigenvalue weighted by molar-refractivity contribution is 7.89. The van der Waals surface area contributed by atoms with Crippen molar-refractivity contribution < 1.29 is 13.2 Å². The van der Waals surface area contributed by atoms with Crippen LogP contribution in [0.5, 0.6) is 0 Å². The molecule has 0 unspecified atom stereocenters. The number of amides is 1. The Morgan fingerprint density at radius 3 is 2.26 bits per heavy atom. The number of carbonyl (C=O) groups is 1. The van der Waals surface area contributed by atoms with Crippen LogP contribution >= 0.6 is 11.3 Å². The molecule has 1 aromatic heterocycles. The molecule has 35 heavy (non-hydrogen) atoms. The van der Waals surface area contributed by atoms with E-state index in [9.17, 15) is 13.2 Å². The number of hydrogen-bond acceptors (Lipinski definition) is 6. The van der Waals surface area contributed by atoms with E-state index < -0.39 is 10.0 Å². The number of fused-ring (bicyclic) bond motifs is 1. The highest BCUT2D eigenvalue weighted by Gasteiger charge is 2.26. The molecule has 3 aromatic rings. The summed E-state index contributed by atoms with van der Waals surface area (Å²) in [6, 6.07) is 10.6. The molecule has 7 nitrogen and oxygen atoms in total. The lowest BCUT2D eigenvalue weighted by Gasteiger charge is -2.34. The molecule has 9 heteroatoms. The summed E-state index contributed by atoms with van der Waals surface area (Å²) in [5, 5.41) is 1.00. The highest BCUT2D eigenvalue weighted by atomic mass is 32.2. The summed E-state index contributed by atoms with van der Waals surface area (Å²) in [6.07, 6.45) is 1.76. The Bertz CT molecular complexity index is 1260. The van der Waals surface area contributed by atoms with E-state index in [4.69, 9.17) is 4.98 Å². The van der Waals surface area contributed by atoms with Gasteiger partial charge in [-0.05, 0) is 55.7 Å². The van der Waals surface area contributed by atoms with Crippen LogP contribution in [-0.4, -0.2) is 67.8 Å². The lowest BCUT2D eigenvalue weighted by atomic mass is 10.1. The van der Waals surface area contributed by atoms with E-state index in [0.29, 0.717) is 31.7 Å². The maximum atomic E-state index is 13.1. The van der Waals surface area contributed by atoms with Crippen molar-refractivity contribution in [1.82, 2.24) is 14.2 Å². The van der Waals surface area contributed by atoms with Crippen molar-refractivity contribution >= 4 is 42.6 Å². The van der Waals surface area contributed by atoms with Gasteiger partial charge in [-0.1, -0.05) is 43.7 Å². The van der Waals surface area contributed by atoms with Crippen LogP contribution < -0.4 is 4.90 Å². The topological polar surface area (TPSA) is 73.8 Å². The van der Waals surface area contributed by atoms with E-state index in [1.165, 1.54) is 20.1 Å². The van der Waals surface area contributed by atoms with Gasteiger partial charge in [0.1, 0.15) is 0 Å². The first-order valence-electron chi connectivity index (χ1n) is 12.3. The van der Waals surface area contributed by atoms with E-state index in [1.54, 1.807) is 35.6 Å². The summed E-state index contributed by atoms with van der Waals surface area (Å²) in [4.78, 5) is 22.3. The first-order valence-corrected chi connectivity index (χ1v) is 14.5. The van der Waals surface area contributed by atoms with Crippen LogP contribution in [0.25, 0.3) is 10.2 Å². The Balaban J connectivity index is 1.41. The smallest absolute Gasteiger partial charge is 0.253 e. The number of anilines is 1. The number of benzene rings is 2. The molecule has 188 valence electrons. The maximum absolute atomic E-state index is 13.1. The minimum atomic E-state index is -3.55. The quantitative estimate of drug-likeness (QED) is 0.436. The average Bonchev–Trinajstić information content (AvgIpc) is 3.33. The average molecular weight is 515 g/mol. The normalized spacial score (nSPS) is 14.8. The van der Waals surface area contributed by atoms with Gasteiger partial charge in [-0.3, -0.25) is 4.79 Å². The zero-order chi connectivity index (χ0) is 25.2. The molecule has 1 saturated heterocycles. The van der Waals surface area contributed by atoms with Crippen LogP contribution in [0, 0.1) is 13.8 Å². The van der Waals surface area contributed by atoms with Gasteiger partial charge in [0.15, 0.2) is 5.13 Å². The van der Waals surface area contributed by atoms with Crippen LogP contribution in [0.4, 0.5) is 5.13 Å². The molecule has 0 radical (unpaired) electrons. The Kier molecular flexibility index (Phi) is 7.78. The molecule has 4 rings (SSSR count). The largest absolute Gasteiger partial charge is 0.345 e.